The fourth-order valence-electron chi connectivity index (χ4n) is 4.92. The number of carbonyl (C=O) groups excluding carboxylic acids is 1. The number of thiophene rings is 1. The van der Waals surface area contributed by atoms with Gasteiger partial charge >= 0.3 is 0 Å². The minimum absolute atomic E-state index is 0.0506. The number of aromatic hydroxyl groups is 1. The van der Waals surface area contributed by atoms with Gasteiger partial charge in [-0.25, -0.2) is 0 Å². The maximum Gasteiger partial charge on any atom is 0.254 e. The lowest BCUT2D eigenvalue weighted by Crippen LogP contribution is -2.32. The number of fused-ring (bicyclic) bond motifs is 5. The molecule has 6 nitrogen and oxygen atoms in total. The van der Waals surface area contributed by atoms with Gasteiger partial charge in [0.25, 0.3) is 5.91 Å². The van der Waals surface area contributed by atoms with E-state index in [-0.39, 0.29) is 17.2 Å². The zero-order chi connectivity index (χ0) is 25.1. The minimum Gasteiger partial charge on any atom is -0.504 e. The molecule has 0 fully saturated rings. The summed E-state index contributed by atoms with van der Waals surface area (Å²) < 4.78 is 12.1. The van der Waals surface area contributed by atoms with Gasteiger partial charge in [0.2, 0.25) is 0 Å². The summed E-state index contributed by atoms with van der Waals surface area (Å²) >= 11 is 1.49. The van der Waals surface area contributed by atoms with Crippen molar-refractivity contribution in [1.29, 1.82) is 0 Å². The summed E-state index contributed by atoms with van der Waals surface area (Å²) in [5, 5.41) is 16.0. The van der Waals surface area contributed by atoms with Crippen molar-refractivity contribution >= 4 is 40.3 Å². The SMILES string of the molecule is COc1c(O)ccc2c1-c1ccc3c(c1C(=Cc1sccc1C(=O)N(C)C)O2)C(C)=CC(C)(C)N3. The van der Waals surface area contributed by atoms with Crippen LogP contribution in [0, 0.1) is 0 Å². The van der Waals surface area contributed by atoms with Crippen LogP contribution in [0.4, 0.5) is 5.69 Å². The highest BCUT2D eigenvalue weighted by atomic mass is 32.1. The van der Waals surface area contributed by atoms with Gasteiger partial charge in [-0.3, -0.25) is 4.79 Å². The molecule has 0 atom stereocenters. The molecule has 0 aliphatic carbocycles. The van der Waals surface area contributed by atoms with Crippen LogP contribution in [-0.4, -0.2) is 42.7 Å². The molecule has 0 radical (unpaired) electrons. The van der Waals surface area contributed by atoms with Gasteiger partial charge in [-0.05, 0) is 62.1 Å². The summed E-state index contributed by atoms with van der Waals surface area (Å²) in [4.78, 5) is 15.2. The van der Waals surface area contributed by atoms with Gasteiger partial charge in [0, 0.05) is 41.4 Å². The number of phenols is 1. The first-order chi connectivity index (χ1) is 16.6. The molecule has 0 unspecified atom stereocenters. The predicted octanol–water partition coefficient (Wildman–Crippen LogP) is 6.33. The average molecular weight is 489 g/mol. The van der Waals surface area contributed by atoms with Crippen molar-refractivity contribution in [2.24, 2.45) is 0 Å². The molecule has 3 aromatic rings. The van der Waals surface area contributed by atoms with Crippen molar-refractivity contribution in [3.8, 4) is 28.4 Å². The number of carbonyl (C=O) groups is 1. The Kier molecular flexibility index (Phi) is 5.40. The summed E-state index contributed by atoms with van der Waals surface area (Å²) in [7, 11) is 5.03. The highest BCUT2D eigenvalue weighted by molar-refractivity contribution is 7.11. The molecule has 0 spiro atoms. The minimum atomic E-state index is -0.197. The third kappa shape index (κ3) is 3.76. The van der Waals surface area contributed by atoms with Crippen LogP contribution in [0.15, 0.2) is 41.8 Å². The van der Waals surface area contributed by atoms with E-state index < -0.39 is 0 Å². The molecule has 2 aliphatic rings. The Morgan fingerprint density at radius 1 is 1.14 bits per heavy atom. The highest BCUT2D eigenvalue weighted by Crippen LogP contribution is 2.54. The molecule has 1 aromatic heterocycles. The maximum atomic E-state index is 12.8. The zero-order valence-corrected chi connectivity index (χ0v) is 21.5. The number of amides is 1. The Labute approximate surface area is 209 Å². The number of nitrogens with one attached hydrogen (secondary N) is 1. The van der Waals surface area contributed by atoms with Crippen LogP contribution in [0.5, 0.6) is 17.2 Å². The standard InChI is InChI=1S/C28H28N2O4S/c1-15-14-28(2,3)29-18-8-7-17-24(23(15)18)21(13-22-16(11-12-35-22)27(32)30(4)5)34-20-10-9-19(31)26(33-6)25(17)20/h7-14,29,31H,1-6H3. The van der Waals surface area contributed by atoms with Crippen molar-refractivity contribution in [3.63, 3.8) is 0 Å². The van der Waals surface area contributed by atoms with Crippen molar-refractivity contribution in [2.45, 2.75) is 26.3 Å². The lowest BCUT2D eigenvalue weighted by atomic mass is 9.83. The van der Waals surface area contributed by atoms with E-state index in [2.05, 4.69) is 38.2 Å². The van der Waals surface area contributed by atoms with E-state index in [1.807, 2.05) is 23.6 Å². The van der Waals surface area contributed by atoms with E-state index in [9.17, 15) is 9.90 Å². The second-order valence-electron chi connectivity index (χ2n) is 9.58. The molecular weight excluding hydrogens is 460 g/mol. The largest absolute Gasteiger partial charge is 0.504 e. The second kappa shape index (κ2) is 8.20. The van der Waals surface area contributed by atoms with Gasteiger partial charge in [0.1, 0.15) is 11.5 Å². The Bertz CT molecular complexity index is 1430. The normalized spacial score (nSPS) is 16.3. The van der Waals surface area contributed by atoms with Crippen molar-refractivity contribution < 1.29 is 19.4 Å². The number of methoxy groups -OCH3 is 1. The third-order valence-corrected chi connectivity index (χ3v) is 7.13. The van der Waals surface area contributed by atoms with Crippen molar-refractivity contribution in [3.05, 3.63) is 63.4 Å². The summed E-state index contributed by atoms with van der Waals surface area (Å²) in [6, 6.07) is 9.25. The summed E-state index contributed by atoms with van der Waals surface area (Å²) in [5.41, 5.74) is 6.08. The van der Waals surface area contributed by atoms with Crippen LogP contribution in [0.1, 0.15) is 47.1 Å². The molecule has 0 bridgehead atoms. The number of nitrogens with zero attached hydrogens (tertiary/aromatic N) is 1. The molecule has 3 heterocycles. The molecule has 5 rings (SSSR count). The second-order valence-corrected chi connectivity index (χ2v) is 10.5. The monoisotopic (exact) mass is 488 g/mol. The van der Waals surface area contributed by atoms with Crippen LogP contribution in [0.2, 0.25) is 0 Å². The fraction of sp³-hybridized carbons (Fsp3) is 0.250. The number of rotatable bonds is 3. The molecule has 0 saturated carbocycles. The van der Waals surface area contributed by atoms with Gasteiger partial charge in [0.15, 0.2) is 11.5 Å². The Hall–Kier alpha value is -3.71. The molecule has 0 saturated heterocycles. The molecule has 35 heavy (non-hydrogen) atoms. The quantitative estimate of drug-likeness (QED) is 0.451. The molecule has 180 valence electrons. The van der Waals surface area contributed by atoms with E-state index in [4.69, 9.17) is 9.47 Å². The number of benzene rings is 2. The molecule has 7 heteroatoms. The van der Waals surface area contributed by atoms with Crippen LogP contribution in [0.3, 0.4) is 0 Å². The number of hydrogen-bond donors (Lipinski definition) is 2. The Balaban J connectivity index is 1.81. The number of anilines is 1. The van der Waals surface area contributed by atoms with Gasteiger partial charge in [-0.15, -0.1) is 11.3 Å². The van der Waals surface area contributed by atoms with Crippen LogP contribution in [0.25, 0.3) is 28.5 Å². The molecule has 1 amide bonds. The van der Waals surface area contributed by atoms with Gasteiger partial charge in [-0.2, -0.15) is 0 Å². The summed E-state index contributed by atoms with van der Waals surface area (Å²) in [6.45, 7) is 6.36. The van der Waals surface area contributed by atoms with E-state index in [0.717, 1.165) is 32.8 Å². The number of hydrogen-bond acceptors (Lipinski definition) is 6. The number of phenolic OH excluding ortho intramolecular Hbond substituents is 1. The molecule has 2 aliphatic heterocycles. The topological polar surface area (TPSA) is 71.0 Å². The Morgan fingerprint density at radius 3 is 2.63 bits per heavy atom. The first-order valence-corrected chi connectivity index (χ1v) is 12.2. The van der Waals surface area contributed by atoms with E-state index in [1.54, 1.807) is 38.2 Å². The lowest BCUT2D eigenvalue weighted by Gasteiger charge is -2.35. The molecule has 2 aromatic carbocycles. The number of allylic oxidation sites excluding steroid dienone is 1. The zero-order valence-electron chi connectivity index (χ0n) is 20.6. The maximum absolute atomic E-state index is 12.8. The van der Waals surface area contributed by atoms with E-state index in [0.29, 0.717) is 28.4 Å². The number of ether oxygens (including phenoxy) is 2. The fourth-order valence-corrected chi connectivity index (χ4v) is 5.73. The van der Waals surface area contributed by atoms with Gasteiger partial charge < -0.3 is 24.8 Å². The first-order valence-electron chi connectivity index (χ1n) is 11.4. The van der Waals surface area contributed by atoms with Crippen molar-refractivity contribution in [2.75, 3.05) is 26.5 Å². The predicted molar refractivity (Wildman–Crippen MR) is 142 cm³/mol. The van der Waals surface area contributed by atoms with E-state index >= 15 is 0 Å². The van der Waals surface area contributed by atoms with Crippen LogP contribution in [-0.2, 0) is 0 Å². The van der Waals surface area contributed by atoms with Gasteiger partial charge in [-0.1, -0.05) is 12.1 Å². The summed E-state index contributed by atoms with van der Waals surface area (Å²) in [6.07, 6.45) is 4.14. The highest BCUT2D eigenvalue weighted by Gasteiger charge is 2.33. The molecular formula is C28H28N2O4S. The summed E-state index contributed by atoms with van der Waals surface area (Å²) in [5.74, 6) is 1.58. The molecule has 2 N–H and O–H groups in total. The lowest BCUT2D eigenvalue weighted by molar-refractivity contribution is 0.0828. The third-order valence-electron chi connectivity index (χ3n) is 6.27. The van der Waals surface area contributed by atoms with Crippen LogP contribution >= 0.6 is 11.3 Å². The van der Waals surface area contributed by atoms with Crippen LogP contribution < -0.4 is 14.8 Å². The van der Waals surface area contributed by atoms with E-state index in [1.165, 1.54) is 11.3 Å². The van der Waals surface area contributed by atoms with Gasteiger partial charge in [0.05, 0.1) is 23.8 Å². The first kappa shape index (κ1) is 23.1. The van der Waals surface area contributed by atoms with Crippen molar-refractivity contribution in [1.82, 2.24) is 4.90 Å². The smallest absolute Gasteiger partial charge is 0.254 e. The average Bonchev–Trinajstić information content (AvgIpc) is 3.25. The Morgan fingerprint density at radius 2 is 1.91 bits per heavy atom.